The van der Waals surface area contributed by atoms with Crippen molar-refractivity contribution in [3.63, 3.8) is 0 Å². The summed E-state index contributed by atoms with van der Waals surface area (Å²) in [6, 6.07) is 0. The third-order valence-corrected chi connectivity index (χ3v) is 2.88. The van der Waals surface area contributed by atoms with Gasteiger partial charge < -0.3 is 15.8 Å². The van der Waals surface area contributed by atoms with Crippen LogP contribution in [0.2, 0.25) is 0 Å². The minimum Gasteiger partial charge on any atom is -0.369 e. The van der Waals surface area contributed by atoms with Gasteiger partial charge in [-0.05, 0) is 39.5 Å². The highest BCUT2D eigenvalue weighted by molar-refractivity contribution is 5.78. The molecule has 0 aromatic carbocycles. The van der Waals surface area contributed by atoms with E-state index >= 15 is 0 Å². The molecule has 0 saturated heterocycles. The molecular weight excluding hydrogens is 192 g/mol. The van der Waals surface area contributed by atoms with Crippen molar-refractivity contribution in [2.75, 3.05) is 13.2 Å². The van der Waals surface area contributed by atoms with Crippen molar-refractivity contribution in [2.45, 2.75) is 45.3 Å². The lowest BCUT2D eigenvalue weighted by Crippen LogP contribution is -2.54. The fourth-order valence-electron chi connectivity index (χ4n) is 1.64. The molecule has 88 valence electrons. The number of carbonyl (C=O) groups excluding carboxylic acids is 1. The van der Waals surface area contributed by atoms with Crippen molar-refractivity contribution in [3.8, 4) is 0 Å². The summed E-state index contributed by atoms with van der Waals surface area (Å²) in [5.74, 6) is 0.481. The van der Waals surface area contributed by atoms with Gasteiger partial charge in [-0.15, -0.1) is 0 Å². The van der Waals surface area contributed by atoms with Gasteiger partial charge in [0.25, 0.3) is 0 Å². The van der Waals surface area contributed by atoms with Gasteiger partial charge in [-0.2, -0.15) is 0 Å². The lowest BCUT2D eigenvalue weighted by Gasteiger charge is -2.29. The first-order chi connectivity index (χ1) is 6.98. The summed E-state index contributed by atoms with van der Waals surface area (Å²) < 4.78 is 5.24. The van der Waals surface area contributed by atoms with E-state index in [-0.39, 0.29) is 24.2 Å². The number of ether oxygens (including phenoxy) is 1. The Morgan fingerprint density at radius 2 is 2.20 bits per heavy atom. The van der Waals surface area contributed by atoms with E-state index in [9.17, 15) is 4.79 Å². The van der Waals surface area contributed by atoms with Crippen LogP contribution in [0, 0.1) is 5.92 Å². The van der Waals surface area contributed by atoms with Crippen LogP contribution in [-0.2, 0) is 9.53 Å². The largest absolute Gasteiger partial charge is 0.369 e. The van der Waals surface area contributed by atoms with Gasteiger partial charge in [-0.25, -0.2) is 0 Å². The molecule has 0 aliphatic heterocycles. The molecule has 0 spiro atoms. The predicted molar refractivity (Wildman–Crippen MR) is 59.4 cm³/mol. The first kappa shape index (κ1) is 12.5. The molecule has 4 nitrogen and oxygen atoms in total. The molecule has 1 rings (SSSR count). The van der Waals surface area contributed by atoms with Crippen molar-refractivity contribution in [3.05, 3.63) is 0 Å². The zero-order chi connectivity index (χ0) is 11.5. The number of nitrogens with one attached hydrogen (secondary N) is 1. The predicted octanol–water partition coefficient (Wildman–Crippen LogP) is 0.655. The Morgan fingerprint density at radius 1 is 1.60 bits per heavy atom. The molecule has 1 aliphatic rings. The van der Waals surface area contributed by atoms with Gasteiger partial charge in [-0.1, -0.05) is 0 Å². The highest BCUT2D eigenvalue weighted by Gasteiger charge is 2.41. The second-order valence-corrected chi connectivity index (χ2v) is 4.80. The van der Waals surface area contributed by atoms with Crippen LogP contribution >= 0.6 is 0 Å². The van der Waals surface area contributed by atoms with Crippen LogP contribution in [0.1, 0.15) is 33.6 Å². The fraction of sp³-hybridized carbons (Fsp3) is 0.909. The number of carbonyl (C=O) groups is 1. The van der Waals surface area contributed by atoms with Crippen LogP contribution in [0.3, 0.4) is 0 Å². The number of amides is 1. The smallest absolute Gasteiger partial charge is 0.246 e. The molecule has 3 N–H and O–H groups in total. The molecule has 0 radical (unpaired) electrons. The summed E-state index contributed by atoms with van der Waals surface area (Å²) in [5.41, 5.74) is 5.46. The van der Waals surface area contributed by atoms with Crippen LogP contribution < -0.4 is 11.1 Å². The van der Waals surface area contributed by atoms with Crippen molar-refractivity contribution < 1.29 is 9.53 Å². The molecule has 1 fully saturated rings. The average molecular weight is 214 g/mol. The first-order valence-electron chi connectivity index (χ1n) is 5.60. The zero-order valence-corrected chi connectivity index (χ0v) is 9.88. The number of nitrogens with two attached hydrogens (primary N) is 1. The fourth-order valence-corrected chi connectivity index (χ4v) is 1.64. The standard InChI is InChI=1S/C11H22N2O2/c1-8(2)15-6-10(14)13-11(3,7-12)9-4-5-9/h8-9H,4-7,12H2,1-3H3,(H,13,14). The van der Waals surface area contributed by atoms with Gasteiger partial charge in [0.2, 0.25) is 5.91 Å². The van der Waals surface area contributed by atoms with Crippen LogP contribution in [0.25, 0.3) is 0 Å². The van der Waals surface area contributed by atoms with Crippen LogP contribution in [-0.4, -0.2) is 30.7 Å². The maximum atomic E-state index is 11.6. The topological polar surface area (TPSA) is 64.3 Å². The van der Waals surface area contributed by atoms with E-state index in [1.807, 2.05) is 20.8 Å². The normalized spacial score (nSPS) is 20.1. The highest BCUT2D eigenvalue weighted by Crippen LogP contribution is 2.38. The monoisotopic (exact) mass is 214 g/mol. The van der Waals surface area contributed by atoms with Crippen LogP contribution in [0.5, 0.6) is 0 Å². The van der Waals surface area contributed by atoms with Crippen molar-refractivity contribution in [1.82, 2.24) is 5.32 Å². The zero-order valence-electron chi connectivity index (χ0n) is 9.88. The third kappa shape index (κ3) is 3.80. The molecule has 15 heavy (non-hydrogen) atoms. The summed E-state index contributed by atoms with van der Waals surface area (Å²) in [5, 5.41) is 2.97. The molecule has 1 saturated carbocycles. The molecule has 1 amide bonds. The summed E-state index contributed by atoms with van der Waals surface area (Å²) >= 11 is 0. The van der Waals surface area contributed by atoms with Gasteiger partial charge in [-0.3, -0.25) is 4.79 Å². The minimum absolute atomic E-state index is 0.0662. The van der Waals surface area contributed by atoms with E-state index in [2.05, 4.69) is 5.32 Å². The maximum Gasteiger partial charge on any atom is 0.246 e. The van der Waals surface area contributed by atoms with E-state index in [0.29, 0.717) is 12.5 Å². The summed E-state index contributed by atoms with van der Waals surface area (Å²) in [7, 11) is 0. The number of hydrogen-bond acceptors (Lipinski definition) is 3. The van der Waals surface area contributed by atoms with Crippen LogP contribution in [0.4, 0.5) is 0 Å². The van der Waals surface area contributed by atoms with E-state index in [1.165, 1.54) is 12.8 Å². The van der Waals surface area contributed by atoms with E-state index < -0.39 is 0 Å². The van der Waals surface area contributed by atoms with Gasteiger partial charge in [0.05, 0.1) is 11.6 Å². The molecule has 4 heteroatoms. The van der Waals surface area contributed by atoms with Gasteiger partial charge >= 0.3 is 0 Å². The Hall–Kier alpha value is -0.610. The first-order valence-corrected chi connectivity index (χ1v) is 5.60. The average Bonchev–Trinajstić information content (AvgIpc) is 2.97. The Bertz CT molecular complexity index is 227. The Balaban J connectivity index is 2.34. The molecule has 0 heterocycles. The SMILES string of the molecule is CC(C)OCC(=O)NC(C)(CN)C1CC1. The molecule has 0 bridgehead atoms. The van der Waals surface area contributed by atoms with Crippen molar-refractivity contribution in [2.24, 2.45) is 11.7 Å². The highest BCUT2D eigenvalue weighted by atomic mass is 16.5. The van der Waals surface area contributed by atoms with E-state index in [4.69, 9.17) is 10.5 Å². The summed E-state index contributed by atoms with van der Waals surface area (Å²) in [4.78, 5) is 11.6. The molecular formula is C11H22N2O2. The lowest BCUT2D eigenvalue weighted by atomic mass is 9.96. The van der Waals surface area contributed by atoms with Gasteiger partial charge in [0.15, 0.2) is 0 Å². The molecule has 0 aromatic heterocycles. The molecule has 1 aliphatic carbocycles. The Kier molecular flexibility index (Phi) is 4.11. The van der Waals surface area contributed by atoms with Gasteiger partial charge in [0.1, 0.15) is 6.61 Å². The molecule has 1 unspecified atom stereocenters. The van der Waals surface area contributed by atoms with Crippen LogP contribution in [0.15, 0.2) is 0 Å². The Labute approximate surface area is 91.5 Å². The minimum atomic E-state index is -0.239. The van der Waals surface area contributed by atoms with E-state index in [0.717, 1.165) is 0 Å². The quantitative estimate of drug-likeness (QED) is 0.682. The second kappa shape index (κ2) is 4.94. The van der Waals surface area contributed by atoms with Gasteiger partial charge in [0, 0.05) is 6.54 Å². The number of hydrogen-bond donors (Lipinski definition) is 2. The third-order valence-electron chi connectivity index (χ3n) is 2.88. The summed E-state index contributed by atoms with van der Waals surface area (Å²) in [6.45, 7) is 6.45. The van der Waals surface area contributed by atoms with Crippen molar-refractivity contribution in [1.29, 1.82) is 0 Å². The Morgan fingerprint density at radius 3 is 2.60 bits per heavy atom. The second-order valence-electron chi connectivity index (χ2n) is 4.80. The van der Waals surface area contributed by atoms with Crippen molar-refractivity contribution >= 4 is 5.91 Å². The molecule has 1 atom stereocenters. The van der Waals surface area contributed by atoms with E-state index in [1.54, 1.807) is 0 Å². The molecule has 0 aromatic rings. The number of rotatable bonds is 6. The summed E-state index contributed by atoms with van der Waals surface area (Å²) in [6.07, 6.45) is 2.42. The lowest BCUT2D eigenvalue weighted by molar-refractivity contribution is -0.129. The maximum absolute atomic E-state index is 11.6.